The Morgan fingerprint density at radius 1 is 1.12 bits per heavy atom. The molecule has 0 bridgehead atoms. The summed E-state index contributed by atoms with van der Waals surface area (Å²) in [6.45, 7) is 1.65. The van der Waals surface area contributed by atoms with Gasteiger partial charge in [0, 0.05) is 6.54 Å². The number of benzene rings is 1. The summed E-state index contributed by atoms with van der Waals surface area (Å²) in [7, 11) is 3.26. The molecule has 0 aliphatic carbocycles. The highest BCUT2D eigenvalue weighted by Crippen LogP contribution is 2.27. The maximum atomic E-state index is 8.61. The van der Waals surface area contributed by atoms with Gasteiger partial charge in [0.1, 0.15) is 0 Å². The average Bonchev–Trinajstić information content (AvgIpc) is 2.34. The third-order valence-corrected chi connectivity index (χ3v) is 2.33. The van der Waals surface area contributed by atoms with Crippen molar-refractivity contribution in [1.29, 1.82) is 0 Å². The second-order valence-corrected chi connectivity index (χ2v) is 3.41. The molecule has 2 N–H and O–H groups in total. The third-order valence-electron chi connectivity index (χ3n) is 2.33. The fraction of sp³-hybridized carbons (Fsp3) is 0.500. The van der Waals surface area contributed by atoms with E-state index in [0.717, 1.165) is 24.5 Å². The van der Waals surface area contributed by atoms with Crippen LogP contribution in [0.15, 0.2) is 18.2 Å². The first-order valence-electron chi connectivity index (χ1n) is 5.34. The molecule has 0 fully saturated rings. The van der Waals surface area contributed by atoms with E-state index in [2.05, 4.69) is 5.32 Å². The number of aliphatic hydroxyl groups is 1. The smallest absolute Gasteiger partial charge is 0.160 e. The van der Waals surface area contributed by atoms with Crippen LogP contribution in [0.3, 0.4) is 0 Å². The fourth-order valence-corrected chi connectivity index (χ4v) is 1.47. The highest BCUT2D eigenvalue weighted by Gasteiger charge is 2.03. The van der Waals surface area contributed by atoms with E-state index in [1.165, 1.54) is 5.56 Å². The lowest BCUT2D eigenvalue weighted by Gasteiger charge is -2.09. The maximum Gasteiger partial charge on any atom is 0.160 e. The molecule has 90 valence electrons. The number of hydrogen-bond acceptors (Lipinski definition) is 4. The van der Waals surface area contributed by atoms with Gasteiger partial charge in [0.25, 0.3) is 0 Å². The molecule has 0 radical (unpaired) electrons. The van der Waals surface area contributed by atoms with E-state index >= 15 is 0 Å². The van der Waals surface area contributed by atoms with Crippen molar-refractivity contribution in [2.75, 3.05) is 33.9 Å². The lowest BCUT2D eigenvalue weighted by molar-refractivity contribution is 0.293. The van der Waals surface area contributed by atoms with Crippen molar-refractivity contribution in [2.45, 2.75) is 6.42 Å². The lowest BCUT2D eigenvalue weighted by Crippen LogP contribution is -2.20. The van der Waals surface area contributed by atoms with E-state index in [9.17, 15) is 0 Å². The number of aliphatic hydroxyl groups excluding tert-OH is 1. The Bertz CT molecular complexity index is 315. The van der Waals surface area contributed by atoms with Crippen molar-refractivity contribution in [3.05, 3.63) is 23.8 Å². The minimum absolute atomic E-state index is 0.173. The largest absolute Gasteiger partial charge is 0.493 e. The van der Waals surface area contributed by atoms with Crippen molar-refractivity contribution in [3.8, 4) is 11.5 Å². The topological polar surface area (TPSA) is 50.7 Å². The van der Waals surface area contributed by atoms with Crippen LogP contribution in [0, 0.1) is 0 Å². The molecule has 1 aromatic rings. The van der Waals surface area contributed by atoms with Gasteiger partial charge < -0.3 is 19.9 Å². The van der Waals surface area contributed by atoms with Gasteiger partial charge in [-0.25, -0.2) is 0 Å². The zero-order chi connectivity index (χ0) is 11.8. The fourth-order valence-electron chi connectivity index (χ4n) is 1.47. The van der Waals surface area contributed by atoms with Crippen LogP contribution in [0.25, 0.3) is 0 Å². The molecule has 1 aromatic carbocycles. The van der Waals surface area contributed by atoms with Gasteiger partial charge in [-0.3, -0.25) is 0 Å². The normalized spacial score (nSPS) is 10.2. The van der Waals surface area contributed by atoms with E-state index in [1.807, 2.05) is 18.2 Å². The molecule has 0 amide bonds. The summed E-state index contributed by atoms with van der Waals surface area (Å²) in [4.78, 5) is 0. The predicted molar refractivity (Wildman–Crippen MR) is 63.2 cm³/mol. The molecule has 0 spiro atoms. The number of ether oxygens (including phenoxy) is 2. The molecule has 0 aliphatic rings. The molecular formula is C12H19NO3. The second-order valence-electron chi connectivity index (χ2n) is 3.41. The minimum atomic E-state index is 0.173. The molecule has 0 unspecified atom stereocenters. The van der Waals surface area contributed by atoms with Crippen LogP contribution in [0.1, 0.15) is 5.56 Å². The Morgan fingerprint density at radius 2 is 1.88 bits per heavy atom. The van der Waals surface area contributed by atoms with Gasteiger partial charge in [-0.2, -0.15) is 0 Å². The molecule has 0 aliphatic heterocycles. The van der Waals surface area contributed by atoms with E-state index in [1.54, 1.807) is 14.2 Å². The standard InChI is InChI=1S/C12H19NO3/c1-15-11-4-3-10(9-12(11)16-2)5-6-13-7-8-14/h3-4,9,13-14H,5-8H2,1-2H3. The van der Waals surface area contributed by atoms with E-state index in [4.69, 9.17) is 14.6 Å². The van der Waals surface area contributed by atoms with Crippen LogP contribution in [0.2, 0.25) is 0 Å². The molecule has 0 atom stereocenters. The molecule has 4 nitrogen and oxygen atoms in total. The first-order chi connectivity index (χ1) is 7.81. The quantitative estimate of drug-likeness (QED) is 0.675. The van der Waals surface area contributed by atoms with Crippen LogP contribution < -0.4 is 14.8 Å². The summed E-state index contributed by atoms with van der Waals surface area (Å²) in [6, 6.07) is 5.89. The van der Waals surface area contributed by atoms with E-state index in [0.29, 0.717) is 6.54 Å². The van der Waals surface area contributed by atoms with Crippen molar-refractivity contribution in [1.82, 2.24) is 5.32 Å². The van der Waals surface area contributed by atoms with Gasteiger partial charge in [-0.15, -0.1) is 0 Å². The number of nitrogens with one attached hydrogen (secondary N) is 1. The SMILES string of the molecule is COc1ccc(CCNCCO)cc1OC. The molecule has 0 heterocycles. The molecular weight excluding hydrogens is 206 g/mol. The summed E-state index contributed by atoms with van der Waals surface area (Å²) in [5.41, 5.74) is 1.18. The van der Waals surface area contributed by atoms with Gasteiger partial charge in [0.15, 0.2) is 11.5 Å². The summed E-state index contributed by atoms with van der Waals surface area (Å²) >= 11 is 0. The van der Waals surface area contributed by atoms with E-state index in [-0.39, 0.29) is 6.61 Å². The van der Waals surface area contributed by atoms with E-state index < -0.39 is 0 Å². The summed E-state index contributed by atoms with van der Waals surface area (Å²) < 4.78 is 10.4. The van der Waals surface area contributed by atoms with Gasteiger partial charge in [0.05, 0.1) is 20.8 Å². The zero-order valence-electron chi connectivity index (χ0n) is 9.82. The molecule has 0 saturated carbocycles. The Labute approximate surface area is 96.2 Å². The first-order valence-corrected chi connectivity index (χ1v) is 5.34. The van der Waals surface area contributed by atoms with Gasteiger partial charge in [-0.1, -0.05) is 6.07 Å². The second kappa shape index (κ2) is 7.09. The Hall–Kier alpha value is -1.26. The lowest BCUT2D eigenvalue weighted by atomic mass is 10.1. The Balaban J connectivity index is 2.54. The average molecular weight is 225 g/mol. The summed E-state index contributed by atoms with van der Waals surface area (Å²) in [5, 5.41) is 11.7. The maximum absolute atomic E-state index is 8.61. The monoisotopic (exact) mass is 225 g/mol. The Morgan fingerprint density at radius 3 is 2.50 bits per heavy atom. The summed E-state index contributed by atoms with van der Waals surface area (Å²) in [5.74, 6) is 1.50. The molecule has 0 saturated heterocycles. The highest BCUT2D eigenvalue weighted by atomic mass is 16.5. The van der Waals surface area contributed by atoms with Gasteiger partial charge in [0.2, 0.25) is 0 Å². The highest BCUT2D eigenvalue weighted by molar-refractivity contribution is 5.42. The van der Waals surface area contributed by atoms with Crippen LogP contribution in [-0.4, -0.2) is 39.0 Å². The number of rotatable bonds is 7. The van der Waals surface area contributed by atoms with Crippen molar-refractivity contribution in [3.63, 3.8) is 0 Å². The predicted octanol–water partition coefficient (Wildman–Crippen LogP) is 0.828. The molecule has 4 heteroatoms. The Kier molecular flexibility index (Phi) is 5.67. The minimum Gasteiger partial charge on any atom is -0.493 e. The third kappa shape index (κ3) is 3.72. The number of hydrogen-bond donors (Lipinski definition) is 2. The summed E-state index contributed by atoms with van der Waals surface area (Å²) in [6.07, 6.45) is 0.903. The van der Waals surface area contributed by atoms with Crippen LogP contribution >= 0.6 is 0 Å². The van der Waals surface area contributed by atoms with Crippen LogP contribution in [-0.2, 0) is 6.42 Å². The van der Waals surface area contributed by atoms with Gasteiger partial charge in [-0.05, 0) is 30.7 Å². The van der Waals surface area contributed by atoms with Crippen molar-refractivity contribution < 1.29 is 14.6 Å². The van der Waals surface area contributed by atoms with Crippen molar-refractivity contribution >= 4 is 0 Å². The van der Waals surface area contributed by atoms with Crippen LogP contribution in [0.5, 0.6) is 11.5 Å². The zero-order valence-corrected chi connectivity index (χ0v) is 9.82. The van der Waals surface area contributed by atoms with Gasteiger partial charge >= 0.3 is 0 Å². The number of methoxy groups -OCH3 is 2. The molecule has 0 aromatic heterocycles. The molecule has 16 heavy (non-hydrogen) atoms. The van der Waals surface area contributed by atoms with Crippen LogP contribution in [0.4, 0.5) is 0 Å². The molecule has 1 rings (SSSR count). The first kappa shape index (κ1) is 12.8. The van der Waals surface area contributed by atoms with Crippen molar-refractivity contribution in [2.24, 2.45) is 0 Å².